The summed E-state index contributed by atoms with van der Waals surface area (Å²) in [6.45, 7) is 0. The number of rotatable bonds is 4. The minimum absolute atomic E-state index is 0.0455. The van der Waals surface area contributed by atoms with Crippen LogP contribution in [0.15, 0.2) is 29.4 Å². The Morgan fingerprint density at radius 2 is 2.00 bits per heavy atom. The largest absolute Gasteiger partial charge is 0.344 e. The molecule has 26 heavy (non-hydrogen) atoms. The number of hydrogen-bond acceptors (Lipinski definition) is 5. The number of hydrazine groups is 1. The zero-order valence-electron chi connectivity index (χ0n) is 14.1. The fourth-order valence-corrected chi connectivity index (χ4v) is 4.18. The summed E-state index contributed by atoms with van der Waals surface area (Å²) < 4.78 is 0. The molecule has 4 rings (SSSR count). The van der Waals surface area contributed by atoms with Crippen LogP contribution in [0.4, 0.5) is 4.79 Å². The average molecular weight is 373 g/mol. The molecule has 1 saturated heterocycles. The predicted octanol–water partition coefficient (Wildman–Crippen LogP) is 1.94. The lowest BCUT2D eigenvalue weighted by atomic mass is 9.82. The van der Waals surface area contributed by atoms with Gasteiger partial charge in [0, 0.05) is 0 Å². The maximum atomic E-state index is 12.6. The molecular weight excluding hydrogens is 354 g/mol. The quantitative estimate of drug-likeness (QED) is 0.561. The van der Waals surface area contributed by atoms with E-state index >= 15 is 0 Å². The van der Waals surface area contributed by atoms with Gasteiger partial charge in [0.25, 0.3) is 5.91 Å². The average Bonchev–Trinajstić information content (AvgIpc) is 3.15. The van der Waals surface area contributed by atoms with Gasteiger partial charge in [0.05, 0.1) is 16.8 Å². The monoisotopic (exact) mass is 373 g/mol. The normalized spacial score (nSPS) is 19.2. The molecule has 1 spiro atoms. The molecule has 0 radical (unpaired) electrons. The molecule has 2 aromatic rings. The minimum atomic E-state index is -0.839. The topological polar surface area (TPSA) is 107 Å². The lowest BCUT2D eigenvalue weighted by Crippen LogP contribution is -2.51. The van der Waals surface area contributed by atoms with Crippen molar-refractivity contribution in [2.24, 2.45) is 0 Å². The number of imidazole rings is 1. The van der Waals surface area contributed by atoms with Gasteiger partial charge in [-0.05, 0) is 25.0 Å². The summed E-state index contributed by atoms with van der Waals surface area (Å²) in [7, 11) is 0. The van der Waals surface area contributed by atoms with E-state index in [1.165, 1.54) is 11.8 Å². The molecule has 4 amide bonds. The van der Waals surface area contributed by atoms with Gasteiger partial charge in [0.1, 0.15) is 5.54 Å². The van der Waals surface area contributed by atoms with E-state index in [0.717, 1.165) is 35.3 Å². The van der Waals surface area contributed by atoms with E-state index in [0.29, 0.717) is 18.0 Å². The molecule has 1 aliphatic carbocycles. The summed E-state index contributed by atoms with van der Waals surface area (Å²) in [5.41, 5.74) is 3.30. The number of H-pyrrole nitrogens is 1. The Labute approximate surface area is 154 Å². The van der Waals surface area contributed by atoms with Crippen molar-refractivity contribution in [1.82, 2.24) is 25.7 Å². The molecule has 1 aromatic carbocycles. The molecular formula is C17H19N5O3S. The van der Waals surface area contributed by atoms with Crippen LogP contribution in [0.25, 0.3) is 11.0 Å². The van der Waals surface area contributed by atoms with Crippen LogP contribution in [-0.2, 0) is 9.59 Å². The number of urea groups is 1. The van der Waals surface area contributed by atoms with Crippen molar-refractivity contribution in [3.05, 3.63) is 24.3 Å². The summed E-state index contributed by atoms with van der Waals surface area (Å²) in [5, 5.41) is 4.20. The number of imide groups is 1. The van der Waals surface area contributed by atoms with Gasteiger partial charge in [0.15, 0.2) is 5.16 Å². The standard InChI is InChI=1S/C17H19N5O3S/c23-13(10-26-15-18-11-6-2-3-7-12(11)19-15)21-22-14(24)17(20-16(22)25)8-4-1-5-9-17/h2-3,6-7H,1,4-5,8-10H2,(H,18,19)(H,20,25)(H,21,23). The Morgan fingerprint density at radius 3 is 2.77 bits per heavy atom. The Kier molecular flexibility index (Phi) is 4.31. The van der Waals surface area contributed by atoms with Gasteiger partial charge >= 0.3 is 6.03 Å². The van der Waals surface area contributed by atoms with Crippen molar-refractivity contribution >= 4 is 40.6 Å². The molecule has 0 bridgehead atoms. The van der Waals surface area contributed by atoms with Gasteiger partial charge in [-0.15, -0.1) is 0 Å². The highest BCUT2D eigenvalue weighted by Crippen LogP contribution is 2.33. The lowest BCUT2D eigenvalue weighted by molar-refractivity contribution is -0.139. The molecule has 2 heterocycles. The fraction of sp³-hybridized carbons (Fsp3) is 0.412. The Hall–Kier alpha value is -2.55. The van der Waals surface area contributed by atoms with Gasteiger partial charge in [-0.25, -0.2) is 9.78 Å². The minimum Gasteiger partial charge on any atom is -0.333 e. The van der Waals surface area contributed by atoms with Crippen LogP contribution in [0.1, 0.15) is 32.1 Å². The van der Waals surface area contributed by atoms with Crippen LogP contribution < -0.4 is 10.7 Å². The molecule has 0 unspecified atom stereocenters. The number of nitrogens with zero attached hydrogens (tertiary/aromatic N) is 2. The van der Waals surface area contributed by atoms with Crippen LogP contribution in [0.5, 0.6) is 0 Å². The van der Waals surface area contributed by atoms with E-state index in [9.17, 15) is 14.4 Å². The Balaban J connectivity index is 1.37. The smallest absolute Gasteiger partial charge is 0.333 e. The van der Waals surface area contributed by atoms with E-state index in [-0.39, 0.29) is 11.7 Å². The molecule has 2 fully saturated rings. The molecule has 2 aliphatic rings. The third kappa shape index (κ3) is 3.03. The third-order valence-electron chi connectivity index (χ3n) is 4.81. The summed E-state index contributed by atoms with van der Waals surface area (Å²) in [6.07, 6.45) is 4.10. The number of fused-ring (bicyclic) bond motifs is 1. The van der Waals surface area contributed by atoms with Crippen LogP contribution >= 0.6 is 11.8 Å². The summed E-state index contributed by atoms with van der Waals surface area (Å²) in [4.78, 5) is 44.5. The van der Waals surface area contributed by atoms with Crippen LogP contribution in [0.2, 0.25) is 0 Å². The number of carbonyl (C=O) groups is 3. The van der Waals surface area contributed by atoms with E-state index in [1.54, 1.807) is 0 Å². The summed E-state index contributed by atoms with van der Waals surface area (Å²) in [5.74, 6) is -0.736. The van der Waals surface area contributed by atoms with Crippen molar-refractivity contribution in [2.45, 2.75) is 42.8 Å². The molecule has 0 atom stereocenters. The number of aromatic nitrogens is 2. The number of nitrogens with one attached hydrogen (secondary N) is 3. The van der Waals surface area contributed by atoms with Gasteiger partial charge in [-0.3, -0.25) is 15.0 Å². The van der Waals surface area contributed by atoms with Gasteiger partial charge in [-0.2, -0.15) is 5.01 Å². The van der Waals surface area contributed by atoms with Gasteiger partial charge in [0.2, 0.25) is 5.91 Å². The van der Waals surface area contributed by atoms with Crippen molar-refractivity contribution in [3.8, 4) is 0 Å². The second kappa shape index (κ2) is 6.64. The number of aromatic amines is 1. The van der Waals surface area contributed by atoms with E-state index in [4.69, 9.17) is 0 Å². The molecule has 1 aromatic heterocycles. The summed E-state index contributed by atoms with van der Waals surface area (Å²) >= 11 is 1.22. The highest BCUT2D eigenvalue weighted by molar-refractivity contribution is 7.99. The number of hydrogen-bond donors (Lipinski definition) is 3. The molecule has 1 aliphatic heterocycles. The first kappa shape index (κ1) is 16.9. The van der Waals surface area contributed by atoms with E-state index in [2.05, 4.69) is 20.7 Å². The van der Waals surface area contributed by atoms with E-state index < -0.39 is 17.5 Å². The molecule has 1 saturated carbocycles. The Morgan fingerprint density at radius 1 is 1.23 bits per heavy atom. The van der Waals surface area contributed by atoms with Crippen molar-refractivity contribution < 1.29 is 14.4 Å². The third-order valence-corrected chi connectivity index (χ3v) is 5.69. The highest BCUT2D eigenvalue weighted by atomic mass is 32.2. The number of amides is 4. The highest BCUT2D eigenvalue weighted by Gasteiger charge is 2.52. The van der Waals surface area contributed by atoms with Crippen LogP contribution in [0.3, 0.4) is 0 Å². The number of thioether (sulfide) groups is 1. The first-order valence-electron chi connectivity index (χ1n) is 8.61. The first-order valence-corrected chi connectivity index (χ1v) is 9.60. The number of para-hydroxylation sites is 2. The summed E-state index contributed by atoms with van der Waals surface area (Å²) in [6, 6.07) is 7.03. The van der Waals surface area contributed by atoms with Crippen molar-refractivity contribution in [2.75, 3.05) is 5.75 Å². The van der Waals surface area contributed by atoms with Crippen LogP contribution in [0, 0.1) is 0 Å². The maximum absolute atomic E-state index is 12.6. The second-order valence-corrected chi connectivity index (χ2v) is 7.56. The molecule has 8 nitrogen and oxygen atoms in total. The zero-order chi connectivity index (χ0) is 18.1. The predicted molar refractivity (Wildman–Crippen MR) is 96.2 cm³/mol. The Bertz CT molecular complexity index is 841. The van der Waals surface area contributed by atoms with Crippen molar-refractivity contribution in [1.29, 1.82) is 0 Å². The maximum Gasteiger partial charge on any atom is 0.344 e. The van der Waals surface area contributed by atoms with Gasteiger partial charge in [-0.1, -0.05) is 43.2 Å². The molecule has 3 N–H and O–H groups in total. The van der Waals surface area contributed by atoms with Crippen molar-refractivity contribution in [3.63, 3.8) is 0 Å². The zero-order valence-corrected chi connectivity index (χ0v) is 14.9. The SMILES string of the molecule is O=C(CSc1nc2ccccc2[nH]1)NN1C(=O)NC2(CCCCC2)C1=O. The molecule has 9 heteroatoms. The van der Waals surface area contributed by atoms with Crippen LogP contribution in [-0.4, -0.2) is 44.1 Å². The number of carbonyl (C=O) groups excluding carboxylic acids is 3. The second-order valence-electron chi connectivity index (χ2n) is 6.60. The first-order chi connectivity index (χ1) is 12.6. The van der Waals surface area contributed by atoms with Gasteiger partial charge < -0.3 is 10.3 Å². The number of benzene rings is 1. The molecule has 136 valence electrons. The lowest BCUT2D eigenvalue weighted by Gasteiger charge is -2.30. The fourth-order valence-electron chi connectivity index (χ4n) is 3.50. The van der Waals surface area contributed by atoms with E-state index in [1.807, 2.05) is 24.3 Å².